The van der Waals surface area contributed by atoms with Crippen LogP contribution in [0.2, 0.25) is 0 Å². The lowest BCUT2D eigenvalue weighted by Gasteiger charge is -2.29. The van der Waals surface area contributed by atoms with Crippen LogP contribution in [0, 0.1) is 6.92 Å². The highest BCUT2D eigenvalue weighted by atomic mass is 16.5. The Morgan fingerprint density at radius 2 is 2.29 bits per heavy atom. The summed E-state index contributed by atoms with van der Waals surface area (Å²) >= 11 is 0. The Morgan fingerprint density at radius 1 is 1.46 bits per heavy atom. The van der Waals surface area contributed by atoms with Crippen molar-refractivity contribution in [1.29, 1.82) is 0 Å². The largest absolute Gasteiger partial charge is 0.375 e. The molecule has 1 aliphatic heterocycles. The molecule has 7 heteroatoms. The monoisotopic (exact) mass is 381 g/mol. The van der Waals surface area contributed by atoms with E-state index in [1.54, 1.807) is 6.33 Å². The number of amides is 1. The molecule has 1 saturated heterocycles. The number of likely N-dealkylation sites (N-methyl/N-ethyl adjacent to an activating group) is 1. The second kappa shape index (κ2) is 8.95. The summed E-state index contributed by atoms with van der Waals surface area (Å²) in [6, 6.07) is 6.16. The van der Waals surface area contributed by atoms with Gasteiger partial charge in [-0.15, -0.1) is 0 Å². The first-order chi connectivity index (χ1) is 13.5. The predicted octanol–water partition coefficient (Wildman–Crippen LogP) is 2.23. The van der Waals surface area contributed by atoms with E-state index in [-0.39, 0.29) is 12.0 Å². The number of benzene rings is 1. The summed E-state index contributed by atoms with van der Waals surface area (Å²) in [4.78, 5) is 22.7. The van der Waals surface area contributed by atoms with Gasteiger partial charge in [0.2, 0.25) is 5.91 Å². The van der Waals surface area contributed by atoms with Gasteiger partial charge in [-0.2, -0.15) is 0 Å². The number of aromatic nitrogens is 2. The number of carbonyl (C=O) groups excluding carboxylic acids is 1. The first-order valence-corrected chi connectivity index (χ1v) is 9.32. The van der Waals surface area contributed by atoms with E-state index in [0.717, 1.165) is 35.5 Å². The normalized spacial score (nSPS) is 18.1. The number of aliphatic imine (C=N–C) groups is 1. The van der Waals surface area contributed by atoms with Crippen molar-refractivity contribution in [2.75, 3.05) is 26.7 Å². The van der Waals surface area contributed by atoms with E-state index in [1.807, 2.05) is 43.9 Å². The van der Waals surface area contributed by atoms with Crippen LogP contribution < -0.4 is 5.32 Å². The van der Waals surface area contributed by atoms with Crippen LogP contribution in [-0.4, -0.2) is 59.9 Å². The fourth-order valence-electron chi connectivity index (χ4n) is 3.25. The highest BCUT2D eigenvalue weighted by molar-refractivity contribution is 5.80. The van der Waals surface area contributed by atoms with Crippen molar-refractivity contribution in [2.45, 2.75) is 19.4 Å². The molecule has 2 aromatic rings. The standard InChI is InChI=1S/C21H27N5O2/c1-15-5-6-16(19-12-23-14-26(19)4)9-17(15)10-20(22-2)24-21(27)11-18-13-25(3)7-8-28-18/h5-6,9-10,12,14,18H,2,7-8,11,13H2,1,3-4H3,(H,24,27)/b20-10+. The SMILES string of the molecule is C=N/C(=C\c1cc(-c2cncn2C)ccc1C)NC(=O)CC1CN(C)CCO1. The molecule has 1 atom stereocenters. The van der Waals surface area contributed by atoms with Crippen molar-refractivity contribution in [2.24, 2.45) is 12.0 Å². The smallest absolute Gasteiger partial charge is 0.228 e. The summed E-state index contributed by atoms with van der Waals surface area (Å²) in [6.07, 6.45) is 5.64. The highest BCUT2D eigenvalue weighted by Gasteiger charge is 2.21. The maximum absolute atomic E-state index is 12.4. The third kappa shape index (κ3) is 4.94. The van der Waals surface area contributed by atoms with Gasteiger partial charge in [-0.1, -0.05) is 12.1 Å². The zero-order chi connectivity index (χ0) is 20.1. The molecule has 0 aliphatic carbocycles. The molecule has 1 fully saturated rings. The Balaban J connectivity index is 1.74. The van der Waals surface area contributed by atoms with Gasteiger partial charge in [-0.25, -0.2) is 9.98 Å². The number of ether oxygens (including phenoxy) is 1. The fraction of sp³-hybridized carbons (Fsp3) is 0.381. The molecule has 1 aliphatic rings. The van der Waals surface area contributed by atoms with Crippen LogP contribution in [0.5, 0.6) is 0 Å². The molecule has 3 rings (SSSR count). The van der Waals surface area contributed by atoms with E-state index in [4.69, 9.17) is 4.74 Å². The van der Waals surface area contributed by atoms with E-state index in [1.165, 1.54) is 0 Å². The van der Waals surface area contributed by atoms with Gasteiger partial charge in [0.1, 0.15) is 5.82 Å². The molecule has 2 heterocycles. The summed E-state index contributed by atoms with van der Waals surface area (Å²) < 4.78 is 7.63. The van der Waals surface area contributed by atoms with E-state index < -0.39 is 0 Å². The summed E-state index contributed by atoms with van der Waals surface area (Å²) in [7, 11) is 3.99. The van der Waals surface area contributed by atoms with Crippen molar-refractivity contribution in [1.82, 2.24) is 19.8 Å². The summed E-state index contributed by atoms with van der Waals surface area (Å²) in [6.45, 7) is 7.91. The van der Waals surface area contributed by atoms with Crippen LogP contribution in [0.25, 0.3) is 17.3 Å². The molecule has 0 bridgehead atoms. The zero-order valence-corrected chi connectivity index (χ0v) is 16.7. The molecule has 1 amide bonds. The molecule has 0 saturated carbocycles. The van der Waals surface area contributed by atoms with E-state index in [0.29, 0.717) is 18.8 Å². The number of imidazole rings is 1. The lowest BCUT2D eigenvalue weighted by molar-refractivity contribution is -0.125. The molecule has 148 valence electrons. The molecule has 0 radical (unpaired) electrons. The van der Waals surface area contributed by atoms with Crippen molar-refractivity contribution >= 4 is 18.7 Å². The Morgan fingerprint density at radius 3 is 2.96 bits per heavy atom. The van der Waals surface area contributed by atoms with E-state index >= 15 is 0 Å². The molecular formula is C21H27N5O2. The second-order valence-electron chi connectivity index (χ2n) is 7.16. The average Bonchev–Trinajstić information content (AvgIpc) is 3.08. The van der Waals surface area contributed by atoms with Gasteiger partial charge in [0.05, 0.1) is 37.3 Å². The minimum Gasteiger partial charge on any atom is -0.375 e. The molecule has 0 spiro atoms. The zero-order valence-electron chi connectivity index (χ0n) is 16.7. The lowest BCUT2D eigenvalue weighted by Crippen LogP contribution is -2.42. The Bertz CT molecular complexity index is 887. The maximum atomic E-state index is 12.4. The van der Waals surface area contributed by atoms with Gasteiger partial charge < -0.3 is 19.5 Å². The number of rotatable bonds is 6. The Labute approximate surface area is 165 Å². The topological polar surface area (TPSA) is 71.8 Å². The molecular weight excluding hydrogens is 354 g/mol. The average molecular weight is 381 g/mol. The Kier molecular flexibility index (Phi) is 6.38. The Hall–Kier alpha value is -2.77. The maximum Gasteiger partial charge on any atom is 0.228 e. The third-order valence-electron chi connectivity index (χ3n) is 4.88. The van der Waals surface area contributed by atoms with Crippen LogP contribution in [-0.2, 0) is 16.6 Å². The van der Waals surface area contributed by atoms with Gasteiger partial charge in [0.25, 0.3) is 0 Å². The summed E-state index contributed by atoms with van der Waals surface area (Å²) in [5, 5.41) is 2.85. The number of nitrogens with zero attached hydrogens (tertiary/aromatic N) is 4. The van der Waals surface area contributed by atoms with Crippen molar-refractivity contribution in [3.05, 3.63) is 47.7 Å². The van der Waals surface area contributed by atoms with Crippen molar-refractivity contribution < 1.29 is 9.53 Å². The van der Waals surface area contributed by atoms with E-state index in [9.17, 15) is 4.79 Å². The molecule has 1 aromatic heterocycles. The van der Waals surface area contributed by atoms with Gasteiger partial charge in [-0.05, 0) is 44.0 Å². The third-order valence-corrected chi connectivity index (χ3v) is 4.88. The van der Waals surface area contributed by atoms with Gasteiger partial charge >= 0.3 is 0 Å². The fourth-order valence-corrected chi connectivity index (χ4v) is 3.25. The van der Waals surface area contributed by atoms with Crippen LogP contribution in [0.3, 0.4) is 0 Å². The predicted molar refractivity (Wildman–Crippen MR) is 111 cm³/mol. The quantitative estimate of drug-likeness (QED) is 0.779. The van der Waals surface area contributed by atoms with Crippen LogP contribution >= 0.6 is 0 Å². The minimum absolute atomic E-state index is 0.0975. The van der Waals surface area contributed by atoms with E-state index in [2.05, 4.69) is 39.0 Å². The highest BCUT2D eigenvalue weighted by Crippen LogP contribution is 2.23. The number of aryl methyl sites for hydroxylation is 2. The first-order valence-electron chi connectivity index (χ1n) is 9.32. The number of hydrogen-bond acceptors (Lipinski definition) is 5. The van der Waals surface area contributed by atoms with Crippen molar-refractivity contribution in [3.8, 4) is 11.3 Å². The number of morpholine rings is 1. The van der Waals surface area contributed by atoms with Gasteiger partial charge in [0, 0.05) is 25.7 Å². The molecule has 1 aromatic carbocycles. The summed E-state index contributed by atoms with van der Waals surface area (Å²) in [5.41, 5.74) is 4.12. The number of nitrogens with one attached hydrogen (secondary N) is 1. The number of carbonyl (C=O) groups is 1. The summed E-state index contributed by atoms with van der Waals surface area (Å²) in [5.74, 6) is 0.304. The molecule has 7 nitrogen and oxygen atoms in total. The first kappa shape index (κ1) is 20.0. The van der Waals surface area contributed by atoms with Gasteiger partial charge in [0.15, 0.2) is 0 Å². The van der Waals surface area contributed by atoms with Gasteiger partial charge in [-0.3, -0.25) is 4.79 Å². The lowest BCUT2D eigenvalue weighted by atomic mass is 10.0. The number of hydrogen-bond donors (Lipinski definition) is 1. The molecule has 1 unspecified atom stereocenters. The minimum atomic E-state index is -0.126. The molecule has 28 heavy (non-hydrogen) atoms. The van der Waals surface area contributed by atoms with Crippen LogP contribution in [0.15, 0.2) is 41.5 Å². The van der Waals surface area contributed by atoms with Crippen LogP contribution in [0.4, 0.5) is 0 Å². The second-order valence-corrected chi connectivity index (χ2v) is 7.16. The molecule has 1 N–H and O–H groups in total. The van der Waals surface area contributed by atoms with Crippen molar-refractivity contribution in [3.63, 3.8) is 0 Å². The van der Waals surface area contributed by atoms with Crippen LogP contribution in [0.1, 0.15) is 17.5 Å².